The molecule has 0 unspecified atom stereocenters. The first kappa shape index (κ1) is 5.39. The molecule has 0 nitrogen and oxygen atoms in total. The summed E-state index contributed by atoms with van der Waals surface area (Å²) >= 11 is 10.8. The Morgan fingerprint density at radius 3 is 2.70 bits per heavy atom. The van der Waals surface area contributed by atoms with Gasteiger partial charge in [-0.15, -0.1) is 11.6 Å². The van der Waals surface area contributed by atoms with Crippen LogP contribution in [0.25, 0.3) is 0 Å². The highest BCUT2D eigenvalue weighted by molar-refractivity contribution is 6.32. The van der Waals surface area contributed by atoms with Gasteiger partial charge >= 0.3 is 0 Å². The predicted octanol–water partition coefficient (Wildman–Crippen LogP) is 3.22. The van der Waals surface area contributed by atoms with Crippen molar-refractivity contribution in [1.29, 1.82) is 0 Å². The van der Waals surface area contributed by atoms with E-state index < -0.39 is 11.6 Å². The molecule has 3 heteroatoms. The van der Waals surface area contributed by atoms with Crippen molar-refractivity contribution in [2.75, 3.05) is 0 Å². The fraction of sp³-hybridized carbons (Fsp3) is 0.143. The van der Waals surface area contributed by atoms with Gasteiger partial charge in [-0.1, -0.05) is 17.7 Å². The van der Waals surface area contributed by atoms with Crippen molar-refractivity contribution in [3.05, 3.63) is 34.6 Å². The van der Waals surface area contributed by atoms with E-state index in [1.165, 1.54) is 12.1 Å². The van der Waals surface area contributed by atoms with Crippen molar-refractivity contribution < 1.29 is 7.13 Å². The first-order valence-electron chi connectivity index (χ1n) is 3.56. The summed E-state index contributed by atoms with van der Waals surface area (Å²) in [5, 5.41) is -0.00463. The van der Waals surface area contributed by atoms with Crippen molar-refractivity contribution in [1.82, 2.24) is 0 Å². The van der Waals surface area contributed by atoms with Crippen LogP contribution in [-0.4, -0.2) is 0 Å². The summed E-state index contributed by atoms with van der Waals surface area (Å²) in [6.07, 6.45) is 0. The lowest BCUT2D eigenvalue weighted by Crippen LogP contribution is -1.85. The molecule has 0 N–H and O–H groups in total. The van der Waals surface area contributed by atoms with E-state index >= 15 is 0 Å². The Hall–Kier alpha value is -0.270. The van der Waals surface area contributed by atoms with Gasteiger partial charge in [0.05, 0.1) is 5.83 Å². The van der Waals surface area contributed by atoms with Gasteiger partial charge in [-0.2, -0.15) is 0 Å². The van der Waals surface area contributed by atoms with Crippen molar-refractivity contribution >= 4 is 23.2 Å². The quantitative estimate of drug-likeness (QED) is 0.583. The van der Waals surface area contributed by atoms with Gasteiger partial charge in [0.25, 0.3) is 0 Å². The minimum Gasteiger partial charge on any atom is -0.207 e. The number of hydrogen-bond donors (Lipinski definition) is 0. The molecule has 54 valence electrons. The maximum absolute atomic E-state index is 12.9. The third-order valence-corrected chi connectivity index (χ3v) is 1.56. The molecule has 0 aliphatic carbocycles. The Balaban J connectivity index is 3.31. The SMILES string of the molecule is [2H]C([2H])(Cl)c1c(F)cccc1Cl. The Bertz CT molecular complexity index is 276. The molecule has 1 rings (SSSR count). The van der Waals surface area contributed by atoms with Crippen LogP contribution in [0.15, 0.2) is 18.2 Å². The molecular formula is C7H5Cl2F. The zero-order chi connectivity index (χ0) is 9.35. The molecule has 0 saturated heterocycles. The summed E-state index contributed by atoms with van der Waals surface area (Å²) < 4.78 is 27.1. The van der Waals surface area contributed by atoms with Crippen molar-refractivity contribution in [3.63, 3.8) is 0 Å². The van der Waals surface area contributed by atoms with Crippen LogP contribution in [0.3, 0.4) is 0 Å². The van der Waals surface area contributed by atoms with Gasteiger partial charge in [0.15, 0.2) is 0 Å². The van der Waals surface area contributed by atoms with Crippen LogP contribution >= 0.6 is 23.2 Å². The van der Waals surface area contributed by atoms with Crippen LogP contribution < -0.4 is 0 Å². The zero-order valence-corrected chi connectivity index (χ0v) is 6.38. The second-order valence-corrected chi connectivity index (χ2v) is 2.29. The molecule has 0 radical (unpaired) electrons. The highest BCUT2D eigenvalue weighted by Crippen LogP contribution is 2.20. The van der Waals surface area contributed by atoms with Crippen LogP contribution in [0.5, 0.6) is 0 Å². The zero-order valence-electron chi connectivity index (χ0n) is 6.87. The predicted molar refractivity (Wildman–Crippen MR) is 41.0 cm³/mol. The standard InChI is InChI=1S/C7H5Cl2F/c8-4-5-6(9)2-1-3-7(5)10/h1-3H,4H2/i4D2. The van der Waals surface area contributed by atoms with E-state index in [0.29, 0.717) is 0 Å². The summed E-state index contributed by atoms with van der Waals surface area (Å²) in [6, 6.07) is 3.89. The van der Waals surface area contributed by atoms with E-state index in [-0.39, 0.29) is 10.6 Å². The normalized spacial score (nSPS) is 14.3. The molecule has 0 fully saturated rings. The topological polar surface area (TPSA) is 0 Å². The Labute approximate surface area is 71.4 Å². The molecule has 0 atom stereocenters. The van der Waals surface area contributed by atoms with Gasteiger partial charge in [-0.3, -0.25) is 0 Å². The summed E-state index contributed by atoms with van der Waals surface area (Å²) in [4.78, 5) is 0. The van der Waals surface area contributed by atoms with Gasteiger partial charge in [-0.25, -0.2) is 4.39 Å². The Kier molecular flexibility index (Phi) is 1.73. The fourth-order valence-corrected chi connectivity index (χ4v) is 1.04. The average molecular weight is 181 g/mol. The number of benzene rings is 1. The number of hydrogen-bond acceptors (Lipinski definition) is 0. The van der Waals surface area contributed by atoms with Crippen LogP contribution in [0, 0.1) is 5.82 Å². The number of rotatable bonds is 1. The van der Waals surface area contributed by atoms with E-state index in [2.05, 4.69) is 0 Å². The highest BCUT2D eigenvalue weighted by Gasteiger charge is 2.03. The lowest BCUT2D eigenvalue weighted by molar-refractivity contribution is 0.617. The third kappa shape index (κ3) is 1.41. The van der Waals surface area contributed by atoms with Crippen molar-refractivity contribution in [3.8, 4) is 0 Å². The molecule has 0 aliphatic rings. The molecule has 1 aromatic rings. The van der Waals surface area contributed by atoms with Gasteiger partial charge in [0, 0.05) is 13.3 Å². The van der Waals surface area contributed by atoms with E-state index in [0.717, 1.165) is 6.07 Å². The molecule has 0 heterocycles. The van der Waals surface area contributed by atoms with E-state index in [4.69, 9.17) is 25.9 Å². The Morgan fingerprint density at radius 2 is 2.30 bits per heavy atom. The Morgan fingerprint density at radius 1 is 1.60 bits per heavy atom. The van der Waals surface area contributed by atoms with Gasteiger partial charge in [0.2, 0.25) is 0 Å². The van der Waals surface area contributed by atoms with E-state index in [9.17, 15) is 4.39 Å². The van der Waals surface area contributed by atoms with Gasteiger partial charge in [-0.05, 0) is 12.1 Å². The second-order valence-electron chi connectivity index (χ2n) is 1.69. The van der Waals surface area contributed by atoms with Crippen LogP contribution in [0.1, 0.15) is 8.30 Å². The number of halogens is 3. The van der Waals surface area contributed by atoms with E-state index in [1.54, 1.807) is 0 Å². The summed E-state index contributed by atoms with van der Waals surface area (Å²) in [6.45, 7) is 0. The maximum Gasteiger partial charge on any atom is 0.129 e. The molecule has 0 aliphatic heterocycles. The van der Waals surface area contributed by atoms with E-state index in [1.807, 2.05) is 0 Å². The largest absolute Gasteiger partial charge is 0.207 e. The maximum atomic E-state index is 12.9. The molecule has 1 aromatic carbocycles. The first-order valence-corrected chi connectivity index (χ1v) is 3.32. The lowest BCUT2D eigenvalue weighted by Gasteiger charge is -1.98. The van der Waals surface area contributed by atoms with Gasteiger partial charge in [0.1, 0.15) is 5.82 Å². The minimum absolute atomic E-state index is 0.00463. The summed E-state index contributed by atoms with van der Waals surface area (Å²) in [5.74, 6) is -3.00. The minimum atomic E-state index is -2.26. The number of alkyl halides is 1. The van der Waals surface area contributed by atoms with Crippen LogP contribution in [0.4, 0.5) is 4.39 Å². The second kappa shape index (κ2) is 3.22. The van der Waals surface area contributed by atoms with Gasteiger partial charge < -0.3 is 0 Å². The summed E-state index contributed by atoms with van der Waals surface area (Å²) in [5.41, 5.74) is -0.312. The molecular weight excluding hydrogens is 174 g/mol. The van der Waals surface area contributed by atoms with Crippen molar-refractivity contribution in [2.45, 2.75) is 5.83 Å². The molecule has 0 amide bonds. The first-order chi connectivity index (χ1) is 5.43. The fourth-order valence-electron chi connectivity index (χ4n) is 0.588. The van der Waals surface area contributed by atoms with Crippen LogP contribution in [0.2, 0.25) is 5.02 Å². The van der Waals surface area contributed by atoms with Crippen molar-refractivity contribution in [2.24, 2.45) is 0 Å². The molecule has 0 aromatic heterocycles. The third-order valence-electron chi connectivity index (χ3n) is 1.06. The molecule has 0 saturated carbocycles. The molecule has 0 bridgehead atoms. The van der Waals surface area contributed by atoms with Crippen LogP contribution in [-0.2, 0) is 5.83 Å². The average Bonchev–Trinajstić information content (AvgIpc) is 1.82. The summed E-state index contributed by atoms with van der Waals surface area (Å²) in [7, 11) is 0. The highest BCUT2D eigenvalue weighted by atomic mass is 35.5. The monoisotopic (exact) mass is 180 g/mol. The molecule has 10 heavy (non-hydrogen) atoms. The molecule has 0 spiro atoms. The smallest absolute Gasteiger partial charge is 0.129 e. The lowest BCUT2D eigenvalue weighted by atomic mass is 10.2.